The summed E-state index contributed by atoms with van der Waals surface area (Å²) in [6, 6.07) is 0.556. The average molecular weight is 264 g/mol. The zero-order chi connectivity index (χ0) is 13.5. The van der Waals surface area contributed by atoms with E-state index in [-0.39, 0.29) is 0 Å². The van der Waals surface area contributed by atoms with Crippen LogP contribution in [0.3, 0.4) is 0 Å². The normalized spacial score (nSPS) is 18.0. The summed E-state index contributed by atoms with van der Waals surface area (Å²) in [5, 5.41) is 7.88. The first-order valence-corrected chi connectivity index (χ1v) is 7.93. The second kappa shape index (κ2) is 7.63. The number of nitrogens with one attached hydrogen (secondary N) is 1. The third-order valence-electron chi connectivity index (χ3n) is 4.32. The zero-order valence-electron chi connectivity index (χ0n) is 12.4. The summed E-state index contributed by atoms with van der Waals surface area (Å²) in [5.74, 6) is 2.10. The molecule has 1 aliphatic carbocycles. The molecule has 0 aromatic carbocycles. The fourth-order valence-corrected chi connectivity index (χ4v) is 3.23. The summed E-state index contributed by atoms with van der Waals surface area (Å²) < 4.78 is 2.01. The fraction of sp³-hybridized carbons (Fsp3) is 0.867. The Morgan fingerprint density at radius 1 is 1.37 bits per heavy atom. The lowest BCUT2D eigenvalue weighted by molar-refractivity contribution is 0.398. The van der Waals surface area contributed by atoms with Crippen LogP contribution in [0.2, 0.25) is 0 Å². The number of aryl methyl sites for hydroxylation is 1. The van der Waals surface area contributed by atoms with E-state index in [1.807, 2.05) is 4.68 Å². The van der Waals surface area contributed by atoms with Crippen molar-refractivity contribution in [2.45, 2.75) is 71.4 Å². The molecule has 1 aromatic heterocycles. The van der Waals surface area contributed by atoms with Crippen molar-refractivity contribution >= 4 is 0 Å². The predicted molar refractivity (Wildman–Crippen MR) is 78.1 cm³/mol. The molecule has 0 saturated heterocycles. The highest BCUT2D eigenvalue weighted by atomic mass is 15.3. The molecule has 108 valence electrons. The van der Waals surface area contributed by atoms with E-state index < -0.39 is 0 Å². The number of nitrogens with zero attached hydrogens (tertiary/aromatic N) is 3. The Bertz CT molecular complexity index is 355. The lowest BCUT2D eigenvalue weighted by Crippen LogP contribution is -2.32. The van der Waals surface area contributed by atoms with Crippen molar-refractivity contribution in [3.8, 4) is 0 Å². The molecule has 4 nitrogen and oxygen atoms in total. The molecule has 0 radical (unpaired) electrons. The lowest BCUT2D eigenvalue weighted by atomic mass is 9.97. The topological polar surface area (TPSA) is 42.7 Å². The van der Waals surface area contributed by atoms with E-state index in [1.165, 1.54) is 38.5 Å². The summed E-state index contributed by atoms with van der Waals surface area (Å²) >= 11 is 0. The Balaban J connectivity index is 1.84. The first kappa shape index (κ1) is 14.5. The van der Waals surface area contributed by atoms with Gasteiger partial charge in [-0.1, -0.05) is 32.6 Å². The van der Waals surface area contributed by atoms with Crippen LogP contribution in [-0.2, 0) is 13.0 Å². The van der Waals surface area contributed by atoms with E-state index in [9.17, 15) is 0 Å². The maximum Gasteiger partial charge on any atom is 0.138 e. The van der Waals surface area contributed by atoms with Crippen LogP contribution < -0.4 is 5.32 Å². The maximum absolute atomic E-state index is 4.40. The van der Waals surface area contributed by atoms with E-state index in [1.54, 1.807) is 6.33 Å². The quantitative estimate of drug-likeness (QED) is 0.785. The highest BCUT2D eigenvalue weighted by Crippen LogP contribution is 2.29. The molecule has 1 heterocycles. The van der Waals surface area contributed by atoms with Crippen molar-refractivity contribution < 1.29 is 0 Å². The molecule has 0 aliphatic heterocycles. The molecule has 1 N–H and O–H groups in total. The van der Waals surface area contributed by atoms with Crippen LogP contribution in [0.25, 0.3) is 0 Å². The van der Waals surface area contributed by atoms with Crippen LogP contribution in [0, 0.1) is 5.92 Å². The molecule has 0 amide bonds. The SMILES string of the molecule is CCNC(CCC1CCCC1)Cc1ncnn1CC. The number of rotatable bonds is 8. The third kappa shape index (κ3) is 4.30. The van der Waals surface area contributed by atoms with Crippen molar-refractivity contribution in [3.63, 3.8) is 0 Å². The van der Waals surface area contributed by atoms with Gasteiger partial charge in [-0.15, -0.1) is 0 Å². The lowest BCUT2D eigenvalue weighted by Gasteiger charge is -2.19. The van der Waals surface area contributed by atoms with Gasteiger partial charge in [0.1, 0.15) is 12.2 Å². The zero-order valence-corrected chi connectivity index (χ0v) is 12.4. The molecule has 1 fully saturated rings. The van der Waals surface area contributed by atoms with E-state index in [4.69, 9.17) is 0 Å². The third-order valence-corrected chi connectivity index (χ3v) is 4.32. The minimum Gasteiger partial charge on any atom is -0.314 e. The highest BCUT2D eigenvalue weighted by molar-refractivity contribution is 4.90. The van der Waals surface area contributed by atoms with Gasteiger partial charge in [-0.05, 0) is 32.2 Å². The van der Waals surface area contributed by atoms with Gasteiger partial charge >= 0.3 is 0 Å². The van der Waals surface area contributed by atoms with Crippen molar-refractivity contribution in [1.82, 2.24) is 20.1 Å². The van der Waals surface area contributed by atoms with Gasteiger partial charge in [-0.2, -0.15) is 5.10 Å². The first-order valence-electron chi connectivity index (χ1n) is 7.93. The molecule has 1 atom stereocenters. The predicted octanol–water partition coefficient (Wildman–Crippen LogP) is 2.79. The van der Waals surface area contributed by atoms with E-state index >= 15 is 0 Å². The summed E-state index contributed by atoms with van der Waals surface area (Å²) in [6.45, 7) is 6.26. The smallest absolute Gasteiger partial charge is 0.138 e. The first-order chi connectivity index (χ1) is 9.33. The minimum absolute atomic E-state index is 0.556. The van der Waals surface area contributed by atoms with Crippen LogP contribution in [0.4, 0.5) is 0 Å². The van der Waals surface area contributed by atoms with Crippen LogP contribution in [-0.4, -0.2) is 27.4 Å². The molecule has 1 aromatic rings. The summed E-state index contributed by atoms with van der Waals surface area (Å²) in [6.07, 6.45) is 11.1. The van der Waals surface area contributed by atoms with Gasteiger partial charge in [0.25, 0.3) is 0 Å². The summed E-state index contributed by atoms with van der Waals surface area (Å²) in [7, 11) is 0. The van der Waals surface area contributed by atoms with Crippen LogP contribution in [0.15, 0.2) is 6.33 Å². The molecule has 1 saturated carbocycles. The standard InChI is InChI=1S/C15H28N4/c1-3-16-14(10-9-13-7-5-6-8-13)11-15-17-12-18-19(15)4-2/h12-14,16H,3-11H2,1-2H3. The van der Waals surface area contributed by atoms with Crippen LogP contribution >= 0.6 is 0 Å². The van der Waals surface area contributed by atoms with Gasteiger partial charge < -0.3 is 5.32 Å². The monoisotopic (exact) mass is 264 g/mol. The number of likely N-dealkylation sites (N-methyl/N-ethyl adjacent to an activating group) is 1. The maximum atomic E-state index is 4.40. The van der Waals surface area contributed by atoms with Crippen molar-refractivity contribution in [2.75, 3.05) is 6.54 Å². The van der Waals surface area contributed by atoms with E-state index in [2.05, 4.69) is 29.2 Å². The Morgan fingerprint density at radius 2 is 2.16 bits per heavy atom. The van der Waals surface area contributed by atoms with Gasteiger partial charge in [-0.25, -0.2) is 4.98 Å². The van der Waals surface area contributed by atoms with Gasteiger partial charge in [0.2, 0.25) is 0 Å². The molecule has 0 bridgehead atoms. The Hall–Kier alpha value is -0.900. The van der Waals surface area contributed by atoms with Gasteiger partial charge in [0, 0.05) is 19.0 Å². The number of hydrogen-bond donors (Lipinski definition) is 1. The minimum atomic E-state index is 0.556. The molecular formula is C15H28N4. The van der Waals surface area contributed by atoms with Gasteiger partial charge in [0.15, 0.2) is 0 Å². The Labute approximate surface area is 117 Å². The largest absolute Gasteiger partial charge is 0.314 e. The van der Waals surface area contributed by atoms with E-state index in [0.717, 1.165) is 31.3 Å². The van der Waals surface area contributed by atoms with Crippen molar-refractivity contribution in [2.24, 2.45) is 5.92 Å². The fourth-order valence-electron chi connectivity index (χ4n) is 3.23. The molecular weight excluding hydrogens is 236 g/mol. The number of aromatic nitrogens is 3. The average Bonchev–Trinajstić information content (AvgIpc) is 3.07. The van der Waals surface area contributed by atoms with Crippen molar-refractivity contribution in [3.05, 3.63) is 12.2 Å². The highest BCUT2D eigenvalue weighted by Gasteiger charge is 2.18. The molecule has 1 aliphatic rings. The van der Waals surface area contributed by atoms with E-state index in [0.29, 0.717) is 6.04 Å². The van der Waals surface area contributed by atoms with Crippen LogP contribution in [0.1, 0.15) is 58.2 Å². The number of hydrogen-bond acceptors (Lipinski definition) is 3. The second-order valence-electron chi connectivity index (χ2n) is 5.68. The second-order valence-corrected chi connectivity index (χ2v) is 5.68. The summed E-state index contributed by atoms with van der Waals surface area (Å²) in [5.41, 5.74) is 0. The van der Waals surface area contributed by atoms with Crippen molar-refractivity contribution in [1.29, 1.82) is 0 Å². The van der Waals surface area contributed by atoms with Gasteiger partial charge in [-0.3, -0.25) is 4.68 Å². The Kier molecular flexibility index (Phi) is 5.83. The molecule has 19 heavy (non-hydrogen) atoms. The molecule has 1 unspecified atom stereocenters. The Morgan fingerprint density at radius 3 is 2.84 bits per heavy atom. The molecule has 0 spiro atoms. The molecule has 4 heteroatoms. The summed E-state index contributed by atoms with van der Waals surface area (Å²) in [4.78, 5) is 4.40. The van der Waals surface area contributed by atoms with Crippen LogP contribution in [0.5, 0.6) is 0 Å². The molecule has 2 rings (SSSR count). The van der Waals surface area contributed by atoms with Gasteiger partial charge in [0.05, 0.1) is 0 Å².